The fraction of sp³-hybridized carbons (Fsp3) is 0.320. The van der Waals surface area contributed by atoms with Crippen LogP contribution in [0.3, 0.4) is 0 Å². The van der Waals surface area contributed by atoms with E-state index in [2.05, 4.69) is 19.2 Å². The normalized spacial score (nSPS) is 14.9. The van der Waals surface area contributed by atoms with E-state index in [1.54, 1.807) is 11.3 Å². The van der Waals surface area contributed by atoms with Gasteiger partial charge in [0.05, 0.1) is 5.56 Å². The van der Waals surface area contributed by atoms with Crippen LogP contribution >= 0.6 is 11.3 Å². The third-order valence-corrected chi connectivity index (χ3v) is 6.98. The molecule has 0 spiro atoms. The smallest absolute Gasteiger partial charge is 0.337 e. The second-order valence-electron chi connectivity index (χ2n) is 8.62. The Hall–Kier alpha value is -2.63. The highest BCUT2D eigenvalue weighted by atomic mass is 32.1. The largest absolute Gasteiger partial charge is 0.478 e. The Morgan fingerprint density at radius 1 is 1.17 bits per heavy atom. The molecule has 4 rings (SSSR count). The van der Waals surface area contributed by atoms with Gasteiger partial charge < -0.3 is 15.2 Å². The number of carboxylic acids is 1. The first-order valence-corrected chi connectivity index (χ1v) is 11.1. The van der Waals surface area contributed by atoms with E-state index in [4.69, 9.17) is 4.74 Å². The number of hydrogen-bond donors (Lipinski definition) is 2. The SMILES string of the molecule is CNCc1cc(Oc2ccccc2)ccc1-c1sc2c(c1C(=O)O)CC(C)(C)CC2. The van der Waals surface area contributed by atoms with Crippen molar-refractivity contribution in [2.45, 2.75) is 39.7 Å². The lowest BCUT2D eigenvalue weighted by molar-refractivity contribution is 0.0696. The van der Waals surface area contributed by atoms with E-state index in [-0.39, 0.29) is 5.41 Å². The number of para-hydroxylation sites is 1. The number of nitrogens with one attached hydrogen (secondary N) is 1. The minimum absolute atomic E-state index is 0.136. The Kier molecular flexibility index (Phi) is 5.67. The van der Waals surface area contributed by atoms with Crippen molar-refractivity contribution < 1.29 is 14.6 Å². The van der Waals surface area contributed by atoms with Crippen LogP contribution < -0.4 is 10.1 Å². The number of ether oxygens (including phenoxy) is 1. The Bertz CT molecular complexity index is 1070. The summed E-state index contributed by atoms with van der Waals surface area (Å²) in [5.41, 5.74) is 3.65. The van der Waals surface area contributed by atoms with E-state index in [1.165, 1.54) is 4.88 Å². The van der Waals surface area contributed by atoms with E-state index in [9.17, 15) is 9.90 Å². The summed E-state index contributed by atoms with van der Waals surface area (Å²) in [5, 5.41) is 13.3. The van der Waals surface area contributed by atoms with Gasteiger partial charge in [-0.3, -0.25) is 0 Å². The molecule has 2 N–H and O–H groups in total. The predicted molar refractivity (Wildman–Crippen MR) is 122 cm³/mol. The van der Waals surface area contributed by atoms with Crippen molar-refractivity contribution in [1.29, 1.82) is 0 Å². The average molecular weight is 422 g/mol. The molecular weight excluding hydrogens is 394 g/mol. The predicted octanol–water partition coefficient (Wildman–Crippen LogP) is 6.14. The zero-order chi connectivity index (χ0) is 21.3. The number of hydrogen-bond acceptors (Lipinski definition) is 4. The van der Waals surface area contributed by atoms with Crippen LogP contribution in [0.2, 0.25) is 0 Å². The molecule has 1 aliphatic rings. The zero-order valence-corrected chi connectivity index (χ0v) is 18.4. The van der Waals surface area contributed by atoms with Crippen molar-refractivity contribution in [3.8, 4) is 21.9 Å². The molecule has 5 heteroatoms. The Morgan fingerprint density at radius 3 is 2.63 bits per heavy atom. The number of thiophene rings is 1. The van der Waals surface area contributed by atoms with Crippen LogP contribution in [0.15, 0.2) is 48.5 Å². The second-order valence-corrected chi connectivity index (χ2v) is 9.72. The van der Waals surface area contributed by atoms with Gasteiger partial charge >= 0.3 is 5.97 Å². The average Bonchev–Trinajstić information content (AvgIpc) is 3.06. The molecule has 0 atom stereocenters. The van der Waals surface area contributed by atoms with E-state index >= 15 is 0 Å². The third-order valence-electron chi connectivity index (χ3n) is 5.66. The molecule has 2 aromatic carbocycles. The maximum absolute atomic E-state index is 12.3. The van der Waals surface area contributed by atoms with E-state index in [1.807, 2.05) is 55.6 Å². The molecule has 1 aromatic heterocycles. The first-order chi connectivity index (χ1) is 14.4. The summed E-state index contributed by atoms with van der Waals surface area (Å²) in [7, 11) is 1.90. The lowest BCUT2D eigenvalue weighted by atomic mass is 9.76. The molecule has 0 saturated carbocycles. The zero-order valence-electron chi connectivity index (χ0n) is 17.6. The van der Waals surface area contributed by atoms with E-state index in [0.29, 0.717) is 12.1 Å². The van der Waals surface area contributed by atoms with Gasteiger partial charge in [0.15, 0.2) is 0 Å². The number of carboxylic acid groups (broad SMARTS) is 1. The number of aromatic carboxylic acids is 1. The Balaban J connectivity index is 1.78. The van der Waals surface area contributed by atoms with Gasteiger partial charge in [0.2, 0.25) is 0 Å². The minimum Gasteiger partial charge on any atom is -0.478 e. The molecule has 0 radical (unpaired) electrons. The first kappa shape index (κ1) is 20.6. The standard InChI is InChI=1S/C25H27NO3S/c1-25(2)12-11-21-20(14-25)22(24(27)28)23(30-21)19-10-9-18(13-16(19)15-26-3)29-17-7-5-4-6-8-17/h4-10,13,26H,11-12,14-15H2,1-3H3,(H,27,28). The highest BCUT2D eigenvalue weighted by molar-refractivity contribution is 7.16. The van der Waals surface area contributed by atoms with Gasteiger partial charge in [0, 0.05) is 16.3 Å². The molecule has 4 nitrogen and oxygen atoms in total. The van der Waals surface area contributed by atoms with Crippen molar-refractivity contribution in [2.75, 3.05) is 7.05 Å². The number of carbonyl (C=O) groups is 1. The fourth-order valence-corrected chi connectivity index (χ4v) is 5.52. The topological polar surface area (TPSA) is 58.6 Å². The quantitative estimate of drug-likeness (QED) is 0.502. The molecule has 0 saturated heterocycles. The molecule has 1 aliphatic carbocycles. The van der Waals surface area contributed by atoms with Gasteiger partial charge in [-0.2, -0.15) is 0 Å². The van der Waals surface area contributed by atoms with Crippen molar-refractivity contribution >= 4 is 17.3 Å². The van der Waals surface area contributed by atoms with Gasteiger partial charge in [0.25, 0.3) is 0 Å². The van der Waals surface area contributed by atoms with E-state index in [0.717, 1.165) is 52.3 Å². The van der Waals surface area contributed by atoms with Gasteiger partial charge in [-0.15, -0.1) is 11.3 Å². The van der Waals surface area contributed by atoms with Crippen LogP contribution in [0.25, 0.3) is 10.4 Å². The second kappa shape index (κ2) is 8.25. The van der Waals surface area contributed by atoms with Crippen LogP contribution in [0, 0.1) is 5.41 Å². The monoisotopic (exact) mass is 421 g/mol. The maximum Gasteiger partial charge on any atom is 0.337 e. The molecule has 0 fully saturated rings. The number of aryl methyl sites for hydroxylation is 1. The van der Waals surface area contributed by atoms with Gasteiger partial charge in [-0.1, -0.05) is 32.0 Å². The van der Waals surface area contributed by atoms with Crippen molar-refractivity contribution in [3.63, 3.8) is 0 Å². The van der Waals surface area contributed by atoms with Gasteiger partial charge in [-0.05, 0) is 78.7 Å². The Morgan fingerprint density at radius 2 is 1.93 bits per heavy atom. The van der Waals surface area contributed by atoms with Crippen molar-refractivity contribution in [3.05, 3.63) is 70.1 Å². The van der Waals surface area contributed by atoms with Crippen LogP contribution in [0.1, 0.15) is 46.6 Å². The number of benzene rings is 2. The minimum atomic E-state index is -0.833. The molecular formula is C25H27NO3S. The van der Waals surface area contributed by atoms with Crippen LogP contribution in [-0.4, -0.2) is 18.1 Å². The van der Waals surface area contributed by atoms with Gasteiger partial charge in [0.1, 0.15) is 11.5 Å². The molecule has 30 heavy (non-hydrogen) atoms. The van der Waals surface area contributed by atoms with Crippen molar-refractivity contribution in [1.82, 2.24) is 5.32 Å². The molecule has 0 aliphatic heterocycles. The summed E-state index contributed by atoms with van der Waals surface area (Å²) in [6.45, 7) is 5.08. The number of fused-ring (bicyclic) bond motifs is 1. The lowest BCUT2D eigenvalue weighted by Crippen LogP contribution is -2.22. The highest BCUT2D eigenvalue weighted by Gasteiger charge is 2.33. The summed E-state index contributed by atoms with van der Waals surface area (Å²) in [5.74, 6) is 0.690. The third kappa shape index (κ3) is 4.13. The summed E-state index contributed by atoms with van der Waals surface area (Å²) in [4.78, 5) is 14.4. The van der Waals surface area contributed by atoms with Gasteiger partial charge in [-0.25, -0.2) is 4.79 Å². The molecule has 0 amide bonds. The summed E-state index contributed by atoms with van der Waals surface area (Å²) in [6, 6.07) is 15.6. The van der Waals surface area contributed by atoms with Crippen LogP contribution in [0.4, 0.5) is 0 Å². The molecule has 0 unspecified atom stereocenters. The number of rotatable bonds is 6. The van der Waals surface area contributed by atoms with Crippen LogP contribution in [0.5, 0.6) is 11.5 Å². The molecule has 0 bridgehead atoms. The summed E-state index contributed by atoms with van der Waals surface area (Å²) >= 11 is 1.64. The summed E-state index contributed by atoms with van der Waals surface area (Å²) < 4.78 is 6.00. The summed E-state index contributed by atoms with van der Waals surface area (Å²) in [6.07, 6.45) is 2.85. The van der Waals surface area contributed by atoms with Crippen molar-refractivity contribution in [2.24, 2.45) is 5.41 Å². The van der Waals surface area contributed by atoms with E-state index < -0.39 is 5.97 Å². The molecule has 156 valence electrons. The van der Waals surface area contributed by atoms with Crippen LogP contribution in [-0.2, 0) is 19.4 Å². The Labute approximate surface area is 181 Å². The molecule has 3 aromatic rings. The maximum atomic E-state index is 12.3. The lowest BCUT2D eigenvalue weighted by Gasteiger charge is -2.29. The first-order valence-electron chi connectivity index (χ1n) is 10.3. The highest BCUT2D eigenvalue weighted by Crippen LogP contribution is 2.46. The fourth-order valence-electron chi connectivity index (χ4n) is 4.15. The molecule has 1 heterocycles.